The Kier molecular flexibility index (Phi) is 2.72. The van der Waals surface area contributed by atoms with Gasteiger partial charge in [-0.3, -0.25) is 0 Å². The quantitative estimate of drug-likeness (QED) is 0.551. The zero-order valence-electron chi connectivity index (χ0n) is 9.12. The lowest BCUT2D eigenvalue weighted by atomic mass is 10.2. The van der Waals surface area contributed by atoms with Gasteiger partial charge >= 0.3 is 0 Å². The Bertz CT molecular complexity index is 513. The largest absolute Gasteiger partial charge is 0.355 e. The standard InChI is InChI=1S/C12H9N.C2H6/c1-3-7-11-9(5-1)10-6-2-4-8-12(10)13-11;1-2/h1-8,13H;1-2H3. The molecule has 3 aromatic rings. The van der Waals surface area contributed by atoms with Gasteiger partial charge in [-0.1, -0.05) is 50.2 Å². The van der Waals surface area contributed by atoms with Gasteiger partial charge in [0.2, 0.25) is 0 Å². The van der Waals surface area contributed by atoms with Crippen LogP contribution >= 0.6 is 0 Å². The number of hydrogen-bond donors (Lipinski definition) is 1. The van der Waals surface area contributed by atoms with Crippen LogP contribution < -0.4 is 0 Å². The molecule has 0 aliphatic carbocycles. The highest BCUT2D eigenvalue weighted by Crippen LogP contribution is 2.24. The number of benzene rings is 2. The number of aromatic amines is 1. The van der Waals surface area contributed by atoms with Crippen molar-refractivity contribution < 1.29 is 0 Å². The SMILES string of the molecule is CC.c1ccc2c(c1)[nH]c1ccccc12. The Balaban J connectivity index is 0.000000404. The average Bonchev–Trinajstić information content (AvgIpc) is 2.70. The highest BCUT2D eigenvalue weighted by Gasteiger charge is 2.00. The van der Waals surface area contributed by atoms with E-state index in [2.05, 4.69) is 53.5 Å². The van der Waals surface area contributed by atoms with Gasteiger partial charge in [0.15, 0.2) is 0 Å². The molecule has 3 rings (SSSR count). The number of H-pyrrole nitrogens is 1. The first-order chi connectivity index (χ1) is 7.45. The highest BCUT2D eigenvalue weighted by molar-refractivity contribution is 6.06. The molecule has 1 heteroatoms. The van der Waals surface area contributed by atoms with E-state index in [1.807, 2.05) is 13.8 Å². The van der Waals surface area contributed by atoms with Crippen molar-refractivity contribution in [2.75, 3.05) is 0 Å². The topological polar surface area (TPSA) is 15.8 Å². The second-order valence-corrected chi connectivity index (χ2v) is 3.22. The Labute approximate surface area is 89.7 Å². The molecule has 0 saturated heterocycles. The predicted octanol–water partition coefficient (Wildman–Crippen LogP) is 4.35. The molecule has 76 valence electrons. The molecule has 0 radical (unpaired) electrons. The van der Waals surface area contributed by atoms with Crippen molar-refractivity contribution in [3.63, 3.8) is 0 Å². The van der Waals surface area contributed by atoms with Crippen LogP contribution in [0.25, 0.3) is 21.8 Å². The molecule has 0 aliphatic heterocycles. The molecule has 0 fully saturated rings. The number of aromatic nitrogens is 1. The number of fused-ring (bicyclic) bond motifs is 3. The van der Waals surface area contributed by atoms with Crippen molar-refractivity contribution in [1.29, 1.82) is 0 Å². The molecule has 0 amide bonds. The third-order valence-electron chi connectivity index (χ3n) is 2.41. The van der Waals surface area contributed by atoms with Crippen LogP contribution in [-0.2, 0) is 0 Å². The molecule has 0 spiro atoms. The summed E-state index contributed by atoms with van der Waals surface area (Å²) in [5, 5.41) is 2.61. The van der Waals surface area contributed by atoms with Crippen LogP contribution in [0.1, 0.15) is 13.8 Å². The van der Waals surface area contributed by atoms with Crippen LogP contribution in [-0.4, -0.2) is 4.98 Å². The second kappa shape index (κ2) is 4.18. The van der Waals surface area contributed by atoms with Gasteiger partial charge in [0.1, 0.15) is 0 Å². The van der Waals surface area contributed by atoms with E-state index in [9.17, 15) is 0 Å². The Morgan fingerprint density at radius 2 is 1.07 bits per heavy atom. The van der Waals surface area contributed by atoms with Gasteiger partial charge in [-0.15, -0.1) is 0 Å². The van der Waals surface area contributed by atoms with Crippen molar-refractivity contribution in [2.45, 2.75) is 13.8 Å². The molecule has 1 heterocycles. The summed E-state index contributed by atoms with van der Waals surface area (Å²) >= 11 is 0. The summed E-state index contributed by atoms with van der Waals surface area (Å²) in [5.41, 5.74) is 2.42. The molecule has 0 saturated carbocycles. The minimum atomic E-state index is 1.21. The van der Waals surface area contributed by atoms with E-state index in [1.165, 1.54) is 21.8 Å². The van der Waals surface area contributed by atoms with E-state index in [4.69, 9.17) is 0 Å². The smallest absolute Gasteiger partial charge is 0.0464 e. The van der Waals surface area contributed by atoms with Crippen molar-refractivity contribution >= 4 is 21.8 Å². The minimum Gasteiger partial charge on any atom is -0.355 e. The Morgan fingerprint density at radius 3 is 1.53 bits per heavy atom. The number of nitrogens with one attached hydrogen (secondary N) is 1. The number of hydrogen-bond acceptors (Lipinski definition) is 0. The normalized spacial score (nSPS) is 10.0. The van der Waals surface area contributed by atoms with E-state index < -0.39 is 0 Å². The number of rotatable bonds is 0. The molecule has 0 unspecified atom stereocenters. The monoisotopic (exact) mass is 197 g/mol. The second-order valence-electron chi connectivity index (χ2n) is 3.22. The maximum atomic E-state index is 3.38. The van der Waals surface area contributed by atoms with Crippen molar-refractivity contribution in [2.24, 2.45) is 0 Å². The first-order valence-electron chi connectivity index (χ1n) is 5.40. The third-order valence-corrected chi connectivity index (χ3v) is 2.41. The van der Waals surface area contributed by atoms with Crippen LogP contribution in [0.2, 0.25) is 0 Å². The molecule has 0 bridgehead atoms. The summed E-state index contributed by atoms with van der Waals surface area (Å²) < 4.78 is 0. The van der Waals surface area contributed by atoms with Crippen LogP contribution in [0, 0.1) is 0 Å². The lowest BCUT2D eigenvalue weighted by molar-refractivity contribution is 1.50. The van der Waals surface area contributed by atoms with Gasteiger partial charge in [-0.2, -0.15) is 0 Å². The Morgan fingerprint density at radius 1 is 0.667 bits per heavy atom. The molecule has 0 atom stereocenters. The number of para-hydroxylation sites is 2. The summed E-state index contributed by atoms with van der Waals surface area (Å²) in [6.07, 6.45) is 0. The van der Waals surface area contributed by atoms with Crippen molar-refractivity contribution in [3.8, 4) is 0 Å². The van der Waals surface area contributed by atoms with Crippen molar-refractivity contribution in [3.05, 3.63) is 48.5 Å². The fraction of sp³-hybridized carbons (Fsp3) is 0.143. The maximum Gasteiger partial charge on any atom is 0.0464 e. The van der Waals surface area contributed by atoms with Gasteiger partial charge in [0, 0.05) is 21.8 Å². The molecule has 1 nitrogen and oxygen atoms in total. The van der Waals surface area contributed by atoms with Crippen LogP contribution in [0.5, 0.6) is 0 Å². The molecule has 1 N–H and O–H groups in total. The summed E-state index contributed by atoms with van der Waals surface area (Å²) in [5.74, 6) is 0. The zero-order valence-corrected chi connectivity index (χ0v) is 9.12. The van der Waals surface area contributed by atoms with Gasteiger partial charge in [-0.25, -0.2) is 0 Å². The van der Waals surface area contributed by atoms with E-state index in [0.717, 1.165) is 0 Å². The first-order valence-corrected chi connectivity index (χ1v) is 5.40. The van der Waals surface area contributed by atoms with E-state index >= 15 is 0 Å². The minimum absolute atomic E-state index is 1.21. The van der Waals surface area contributed by atoms with E-state index in [1.54, 1.807) is 0 Å². The lowest BCUT2D eigenvalue weighted by Crippen LogP contribution is -1.62. The van der Waals surface area contributed by atoms with E-state index in [-0.39, 0.29) is 0 Å². The molecular formula is C14H15N. The Hall–Kier alpha value is -1.76. The fourth-order valence-corrected chi connectivity index (χ4v) is 1.80. The lowest BCUT2D eigenvalue weighted by Gasteiger charge is -1.87. The fourth-order valence-electron chi connectivity index (χ4n) is 1.80. The highest BCUT2D eigenvalue weighted by atomic mass is 14.7. The van der Waals surface area contributed by atoms with Gasteiger partial charge in [0.25, 0.3) is 0 Å². The van der Waals surface area contributed by atoms with Crippen LogP contribution in [0.4, 0.5) is 0 Å². The van der Waals surface area contributed by atoms with E-state index in [0.29, 0.717) is 0 Å². The molecular weight excluding hydrogens is 182 g/mol. The van der Waals surface area contributed by atoms with Crippen LogP contribution in [0.15, 0.2) is 48.5 Å². The summed E-state index contributed by atoms with van der Waals surface area (Å²) in [7, 11) is 0. The molecule has 1 aromatic heterocycles. The summed E-state index contributed by atoms with van der Waals surface area (Å²) in [6.45, 7) is 4.00. The van der Waals surface area contributed by atoms with Gasteiger partial charge in [0.05, 0.1) is 0 Å². The average molecular weight is 197 g/mol. The third kappa shape index (κ3) is 1.61. The van der Waals surface area contributed by atoms with Gasteiger partial charge < -0.3 is 4.98 Å². The van der Waals surface area contributed by atoms with Crippen LogP contribution in [0.3, 0.4) is 0 Å². The molecule has 15 heavy (non-hydrogen) atoms. The summed E-state index contributed by atoms with van der Waals surface area (Å²) in [4.78, 5) is 3.38. The zero-order chi connectivity index (χ0) is 10.7. The molecule has 0 aliphatic rings. The molecule has 2 aromatic carbocycles. The maximum absolute atomic E-state index is 3.38. The van der Waals surface area contributed by atoms with Gasteiger partial charge in [-0.05, 0) is 12.1 Å². The predicted molar refractivity (Wildman–Crippen MR) is 67.2 cm³/mol. The first kappa shape index (κ1) is 9.78. The van der Waals surface area contributed by atoms with Crippen molar-refractivity contribution in [1.82, 2.24) is 4.98 Å². The summed E-state index contributed by atoms with van der Waals surface area (Å²) in [6, 6.07) is 16.8.